The number of methoxy groups -OCH3 is 1. The smallest absolute Gasteiger partial charge is 0.247 e. The first-order valence-electron chi connectivity index (χ1n) is 16.6. The number of hydrogen-bond donors (Lipinski definition) is 2. The van der Waals surface area contributed by atoms with Gasteiger partial charge in [0.15, 0.2) is 5.82 Å². The first-order chi connectivity index (χ1) is 23.0. The molecular weight excluding hydrogens is 599 g/mol. The summed E-state index contributed by atoms with van der Waals surface area (Å²) in [6.07, 6.45) is 8.37. The summed E-state index contributed by atoms with van der Waals surface area (Å²) in [6.45, 7) is 10.6. The van der Waals surface area contributed by atoms with Crippen LogP contribution in [-0.4, -0.2) is 90.7 Å². The molecule has 4 heterocycles. The number of carbonyl (C=O) groups is 1. The first-order valence-corrected chi connectivity index (χ1v) is 16.6. The summed E-state index contributed by atoms with van der Waals surface area (Å²) in [6, 6.07) is 13.4. The standard InChI is InChI=1S/C35H43FN8O3/c1-3-35(45)40-28-20-29(39-33-22-34(38-23-37-33)44-30(12-19-47-44)24-4-6-25(36)7-5-24)32(46-2)21-31(28)43-13-10-27(11-14-43)42-17-15-41(16-18-42)26-8-9-26/h3-7,20-23,26-27,30H,1,8-19H2,2H3,(H,40,45)(H,37,38,39). The summed E-state index contributed by atoms with van der Waals surface area (Å²) >= 11 is 0. The number of nitrogens with one attached hydrogen (secondary N) is 2. The van der Waals surface area contributed by atoms with Crippen LogP contribution in [0.1, 0.15) is 43.7 Å². The van der Waals surface area contributed by atoms with Crippen LogP contribution in [0.3, 0.4) is 0 Å². The summed E-state index contributed by atoms with van der Waals surface area (Å²) in [5.41, 5.74) is 3.16. The Morgan fingerprint density at radius 2 is 1.64 bits per heavy atom. The lowest BCUT2D eigenvalue weighted by atomic mass is 10.0. The zero-order chi connectivity index (χ0) is 32.3. The predicted molar refractivity (Wildman–Crippen MR) is 181 cm³/mol. The van der Waals surface area contributed by atoms with Crippen LogP contribution in [0, 0.1) is 5.82 Å². The Kier molecular flexibility index (Phi) is 9.23. The Labute approximate surface area is 275 Å². The van der Waals surface area contributed by atoms with Gasteiger partial charge in [-0.3, -0.25) is 19.4 Å². The van der Waals surface area contributed by atoms with Crippen LogP contribution in [0.5, 0.6) is 5.75 Å². The van der Waals surface area contributed by atoms with E-state index >= 15 is 0 Å². The average molecular weight is 643 g/mol. The monoisotopic (exact) mass is 642 g/mol. The zero-order valence-corrected chi connectivity index (χ0v) is 26.9. The minimum absolute atomic E-state index is 0.107. The number of halogens is 1. The summed E-state index contributed by atoms with van der Waals surface area (Å²) in [5.74, 6) is 1.16. The summed E-state index contributed by atoms with van der Waals surface area (Å²) in [4.78, 5) is 35.1. The van der Waals surface area contributed by atoms with Gasteiger partial charge in [-0.15, -0.1) is 0 Å². The molecule has 47 heavy (non-hydrogen) atoms. The van der Waals surface area contributed by atoms with Crippen molar-refractivity contribution in [2.45, 2.75) is 50.2 Å². The molecule has 3 aromatic rings. The van der Waals surface area contributed by atoms with Crippen molar-refractivity contribution in [1.29, 1.82) is 0 Å². The second-order valence-electron chi connectivity index (χ2n) is 12.7. The van der Waals surface area contributed by atoms with Gasteiger partial charge in [0, 0.05) is 69.9 Å². The van der Waals surface area contributed by atoms with E-state index in [9.17, 15) is 9.18 Å². The van der Waals surface area contributed by atoms with Crippen molar-refractivity contribution in [3.05, 3.63) is 72.8 Å². The van der Waals surface area contributed by atoms with Crippen LogP contribution < -0.4 is 25.3 Å². The molecular formula is C35H43FN8O3. The summed E-state index contributed by atoms with van der Waals surface area (Å²) < 4.78 is 19.4. The van der Waals surface area contributed by atoms with Gasteiger partial charge in [0.1, 0.15) is 23.7 Å². The topological polar surface area (TPSA) is 98.3 Å². The fourth-order valence-electron chi connectivity index (χ4n) is 7.12. The van der Waals surface area contributed by atoms with Gasteiger partial charge in [-0.25, -0.2) is 19.4 Å². The number of rotatable bonds is 10. The highest BCUT2D eigenvalue weighted by atomic mass is 19.1. The molecule has 3 aliphatic heterocycles. The van der Waals surface area contributed by atoms with Crippen LogP contribution in [0.2, 0.25) is 0 Å². The highest BCUT2D eigenvalue weighted by molar-refractivity contribution is 6.02. The van der Waals surface area contributed by atoms with Gasteiger partial charge in [-0.2, -0.15) is 0 Å². The fraction of sp³-hybridized carbons (Fsp3) is 0.457. The van der Waals surface area contributed by atoms with Crippen LogP contribution in [-0.2, 0) is 9.63 Å². The molecule has 1 aliphatic carbocycles. The van der Waals surface area contributed by atoms with E-state index in [1.807, 2.05) is 12.1 Å². The highest BCUT2D eigenvalue weighted by Crippen LogP contribution is 2.41. The number of piperidine rings is 1. The Morgan fingerprint density at radius 3 is 2.30 bits per heavy atom. The SMILES string of the molecule is C=CC(=O)Nc1cc(Nc2cc(N3OCCC3c3ccc(F)cc3)ncn2)c(OC)cc1N1CCC(N2CCN(C3CC3)CC2)CC1. The molecule has 0 radical (unpaired) electrons. The molecule has 1 aromatic heterocycles. The zero-order valence-electron chi connectivity index (χ0n) is 26.9. The second-order valence-corrected chi connectivity index (χ2v) is 12.7. The average Bonchev–Trinajstić information content (AvgIpc) is 3.85. The Bertz CT molecular complexity index is 1570. The molecule has 11 nitrogen and oxygen atoms in total. The molecule has 3 saturated heterocycles. The first kappa shape index (κ1) is 31.3. The molecule has 4 fully saturated rings. The van der Waals surface area contributed by atoms with Crippen LogP contribution in [0.4, 0.5) is 33.1 Å². The third kappa shape index (κ3) is 7.04. The van der Waals surface area contributed by atoms with E-state index in [1.165, 1.54) is 50.5 Å². The Hall–Kier alpha value is -4.26. The van der Waals surface area contributed by atoms with Crippen LogP contribution in [0.15, 0.2) is 61.4 Å². The van der Waals surface area contributed by atoms with Gasteiger partial charge in [-0.05, 0) is 55.5 Å². The van der Waals surface area contributed by atoms with Gasteiger partial charge in [0.05, 0.1) is 36.8 Å². The van der Waals surface area contributed by atoms with Crippen molar-refractivity contribution in [3.8, 4) is 5.75 Å². The van der Waals surface area contributed by atoms with E-state index in [2.05, 4.69) is 41.9 Å². The van der Waals surface area contributed by atoms with E-state index in [0.717, 1.165) is 62.7 Å². The lowest BCUT2D eigenvalue weighted by Gasteiger charge is -2.43. The van der Waals surface area contributed by atoms with Gasteiger partial charge >= 0.3 is 0 Å². The number of nitrogens with zero attached hydrogens (tertiary/aromatic N) is 6. The number of hydrogen-bond acceptors (Lipinski definition) is 10. The molecule has 1 unspecified atom stereocenters. The van der Waals surface area contributed by atoms with Crippen molar-refractivity contribution in [2.75, 3.05) is 73.6 Å². The number of ether oxygens (including phenoxy) is 1. The van der Waals surface area contributed by atoms with Gasteiger partial charge in [-0.1, -0.05) is 18.7 Å². The number of piperazine rings is 1. The quantitative estimate of drug-likeness (QED) is 0.290. The molecule has 1 atom stereocenters. The lowest BCUT2D eigenvalue weighted by molar-refractivity contribution is -0.111. The number of amides is 1. The van der Waals surface area contributed by atoms with Crippen LogP contribution in [0.25, 0.3) is 0 Å². The molecule has 7 rings (SSSR count). The van der Waals surface area contributed by atoms with Crippen molar-refractivity contribution in [3.63, 3.8) is 0 Å². The number of aromatic nitrogens is 2. The van der Waals surface area contributed by atoms with Crippen LogP contribution >= 0.6 is 0 Å². The molecule has 248 valence electrons. The molecule has 1 saturated carbocycles. The van der Waals surface area contributed by atoms with E-state index in [4.69, 9.17) is 9.57 Å². The lowest BCUT2D eigenvalue weighted by Crippen LogP contribution is -2.53. The molecule has 12 heteroatoms. The maximum absolute atomic E-state index is 13.6. The van der Waals surface area contributed by atoms with Gasteiger partial charge in [0.2, 0.25) is 5.91 Å². The fourth-order valence-corrected chi connectivity index (χ4v) is 7.12. The largest absolute Gasteiger partial charge is 0.494 e. The Morgan fingerprint density at radius 1 is 0.936 bits per heavy atom. The summed E-state index contributed by atoms with van der Waals surface area (Å²) in [5, 5.41) is 8.12. The molecule has 2 aromatic carbocycles. The van der Waals surface area contributed by atoms with E-state index in [1.54, 1.807) is 30.4 Å². The minimum Gasteiger partial charge on any atom is -0.494 e. The maximum atomic E-state index is 13.6. The molecule has 0 spiro atoms. The normalized spacial score (nSPS) is 21.1. The molecule has 2 N–H and O–H groups in total. The van der Waals surface area contributed by atoms with Crippen molar-refractivity contribution >= 4 is 34.6 Å². The van der Waals surface area contributed by atoms with E-state index < -0.39 is 0 Å². The Balaban J connectivity index is 1.08. The van der Waals surface area contributed by atoms with Gasteiger partial charge < -0.3 is 20.3 Å². The van der Waals surface area contributed by atoms with Crippen molar-refractivity contribution in [1.82, 2.24) is 19.8 Å². The number of carbonyl (C=O) groups excluding carboxylic acids is 1. The third-order valence-electron chi connectivity index (χ3n) is 9.80. The van der Waals surface area contributed by atoms with E-state index in [0.29, 0.717) is 41.4 Å². The van der Waals surface area contributed by atoms with Crippen molar-refractivity contribution in [2.24, 2.45) is 0 Å². The number of anilines is 5. The number of benzene rings is 2. The highest BCUT2D eigenvalue weighted by Gasteiger charge is 2.34. The van der Waals surface area contributed by atoms with Gasteiger partial charge in [0.25, 0.3) is 0 Å². The second kappa shape index (κ2) is 13.8. The maximum Gasteiger partial charge on any atom is 0.247 e. The minimum atomic E-state index is -0.284. The third-order valence-corrected chi connectivity index (χ3v) is 9.80. The summed E-state index contributed by atoms with van der Waals surface area (Å²) in [7, 11) is 1.64. The molecule has 0 bridgehead atoms. The molecule has 1 amide bonds. The van der Waals surface area contributed by atoms with Crippen molar-refractivity contribution < 1.29 is 18.8 Å². The predicted octanol–water partition coefficient (Wildman–Crippen LogP) is 5.12. The number of hydroxylamine groups is 1. The molecule has 4 aliphatic rings. The van der Waals surface area contributed by atoms with E-state index in [-0.39, 0.29) is 17.8 Å².